The van der Waals surface area contributed by atoms with Crippen LogP contribution in [0.15, 0.2) is 6.33 Å². The number of nitrogens with zero attached hydrogens (tertiary/aromatic N) is 3. The minimum atomic E-state index is -0.814. The second kappa shape index (κ2) is 3.88. The third-order valence-electron chi connectivity index (χ3n) is 1.79. The van der Waals surface area contributed by atoms with Crippen LogP contribution in [0.4, 0.5) is 5.95 Å². The van der Waals surface area contributed by atoms with E-state index in [0.717, 1.165) is 0 Å². The summed E-state index contributed by atoms with van der Waals surface area (Å²) >= 11 is 0. The van der Waals surface area contributed by atoms with E-state index in [9.17, 15) is 4.79 Å². The largest absolute Gasteiger partial charge is 0.481 e. The molecule has 0 spiro atoms. The second-order valence-corrected chi connectivity index (χ2v) is 2.84. The van der Waals surface area contributed by atoms with Gasteiger partial charge in [0.2, 0.25) is 5.95 Å². The molecule has 0 bridgehead atoms. The number of nitrogen functional groups attached to an aromatic ring is 1. The molecule has 6 nitrogen and oxygen atoms in total. The summed E-state index contributed by atoms with van der Waals surface area (Å²) in [7, 11) is 0. The maximum Gasteiger partial charge on any atom is 0.303 e. The molecule has 0 aliphatic carbocycles. The molecular formula is C7H12N4O2. The van der Waals surface area contributed by atoms with Crippen LogP contribution in [0.1, 0.15) is 25.8 Å². The van der Waals surface area contributed by atoms with Gasteiger partial charge in [-0.15, -0.1) is 0 Å². The van der Waals surface area contributed by atoms with Gasteiger partial charge in [0.15, 0.2) is 0 Å². The van der Waals surface area contributed by atoms with Gasteiger partial charge in [0, 0.05) is 6.42 Å². The van der Waals surface area contributed by atoms with Gasteiger partial charge in [-0.1, -0.05) is 0 Å². The SMILES string of the molecule is CC(CCC(=O)O)n1ncnc1N. The van der Waals surface area contributed by atoms with Gasteiger partial charge in [0.1, 0.15) is 6.33 Å². The Hall–Kier alpha value is -1.59. The summed E-state index contributed by atoms with van der Waals surface area (Å²) in [5.41, 5.74) is 5.49. The standard InChI is InChI=1S/C7H12N4O2/c1-5(2-3-6(12)13)11-7(8)9-4-10-11/h4-5H,2-3H2,1H3,(H,12,13)(H2,8,9,10). The highest BCUT2D eigenvalue weighted by Crippen LogP contribution is 2.13. The average Bonchev–Trinajstić information content (AvgIpc) is 2.47. The van der Waals surface area contributed by atoms with Crippen LogP contribution in [0, 0.1) is 0 Å². The van der Waals surface area contributed by atoms with Gasteiger partial charge in [0.05, 0.1) is 6.04 Å². The van der Waals surface area contributed by atoms with Crippen LogP contribution in [0.3, 0.4) is 0 Å². The lowest BCUT2D eigenvalue weighted by molar-refractivity contribution is -0.137. The molecule has 0 saturated heterocycles. The lowest BCUT2D eigenvalue weighted by Gasteiger charge is -2.10. The van der Waals surface area contributed by atoms with Crippen molar-refractivity contribution in [3.05, 3.63) is 6.33 Å². The first-order valence-electron chi connectivity index (χ1n) is 3.98. The maximum atomic E-state index is 10.3. The van der Waals surface area contributed by atoms with E-state index in [4.69, 9.17) is 10.8 Å². The van der Waals surface area contributed by atoms with Crippen molar-refractivity contribution in [2.45, 2.75) is 25.8 Å². The van der Waals surface area contributed by atoms with Crippen molar-refractivity contribution in [1.29, 1.82) is 0 Å². The predicted molar refractivity (Wildman–Crippen MR) is 46.0 cm³/mol. The minimum Gasteiger partial charge on any atom is -0.481 e. The van der Waals surface area contributed by atoms with E-state index in [1.807, 2.05) is 6.92 Å². The zero-order chi connectivity index (χ0) is 9.84. The Balaban J connectivity index is 2.53. The molecule has 0 aliphatic heterocycles. The van der Waals surface area contributed by atoms with Crippen molar-refractivity contribution in [3.8, 4) is 0 Å². The van der Waals surface area contributed by atoms with E-state index in [-0.39, 0.29) is 12.5 Å². The van der Waals surface area contributed by atoms with Crippen LogP contribution in [0.5, 0.6) is 0 Å². The van der Waals surface area contributed by atoms with Crippen molar-refractivity contribution in [3.63, 3.8) is 0 Å². The molecule has 1 aromatic heterocycles. The Kier molecular flexibility index (Phi) is 2.84. The van der Waals surface area contributed by atoms with Crippen LogP contribution >= 0.6 is 0 Å². The van der Waals surface area contributed by atoms with Gasteiger partial charge in [-0.05, 0) is 13.3 Å². The van der Waals surface area contributed by atoms with Crippen molar-refractivity contribution in [2.75, 3.05) is 5.73 Å². The van der Waals surface area contributed by atoms with Gasteiger partial charge in [0.25, 0.3) is 0 Å². The van der Waals surface area contributed by atoms with E-state index in [2.05, 4.69) is 10.1 Å². The summed E-state index contributed by atoms with van der Waals surface area (Å²) in [6, 6.07) is -0.0291. The van der Waals surface area contributed by atoms with E-state index in [1.165, 1.54) is 11.0 Å². The molecule has 72 valence electrons. The van der Waals surface area contributed by atoms with Crippen LogP contribution < -0.4 is 5.73 Å². The lowest BCUT2D eigenvalue weighted by Crippen LogP contribution is -2.12. The number of carbonyl (C=O) groups is 1. The molecule has 0 fully saturated rings. The molecule has 1 atom stereocenters. The summed E-state index contributed by atoms with van der Waals surface area (Å²) in [6.07, 6.45) is 1.97. The Labute approximate surface area is 75.4 Å². The molecule has 1 heterocycles. The fourth-order valence-corrected chi connectivity index (χ4v) is 1.05. The van der Waals surface area contributed by atoms with Crippen molar-refractivity contribution in [2.24, 2.45) is 0 Å². The van der Waals surface area contributed by atoms with Crippen molar-refractivity contribution >= 4 is 11.9 Å². The van der Waals surface area contributed by atoms with E-state index in [0.29, 0.717) is 12.4 Å². The smallest absolute Gasteiger partial charge is 0.303 e. The lowest BCUT2D eigenvalue weighted by atomic mass is 10.2. The molecule has 1 unspecified atom stereocenters. The Bertz CT molecular complexity index is 296. The molecule has 13 heavy (non-hydrogen) atoms. The number of aromatic nitrogens is 3. The average molecular weight is 184 g/mol. The molecule has 0 radical (unpaired) electrons. The minimum absolute atomic E-state index is 0.0291. The Morgan fingerprint density at radius 3 is 3.00 bits per heavy atom. The van der Waals surface area contributed by atoms with Gasteiger partial charge in [-0.25, -0.2) is 9.67 Å². The number of hydrogen-bond acceptors (Lipinski definition) is 4. The highest BCUT2D eigenvalue weighted by Gasteiger charge is 2.10. The fourth-order valence-electron chi connectivity index (χ4n) is 1.05. The molecular weight excluding hydrogens is 172 g/mol. The summed E-state index contributed by atoms with van der Waals surface area (Å²) in [6.45, 7) is 1.86. The summed E-state index contributed by atoms with van der Waals surface area (Å²) in [5.74, 6) is -0.497. The molecule has 1 rings (SSSR count). The highest BCUT2D eigenvalue weighted by molar-refractivity contribution is 5.66. The van der Waals surface area contributed by atoms with Crippen molar-refractivity contribution in [1.82, 2.24) is 14.8 Å². The number of anilines is 1. The first-order valence-corrected chi connectivity index (χ1v) is 3.98. The first-order chi connectivity index (χ1) is 6.11. The monoisotopic (exact) mass is 184 g/mol. The number of hydrogen-bond donors (Lipinski definition) is 2. The number of aliphatic carboxylic acids is 1. The van der Waals surface area contributed by atoms with Crippen LogP contribution in [-0.4, -0.2) is 25.8 Å². The predicted octanol–water partition coefficient (Wildman–Crippen LogP) is 0.286. The fraction of sp³-hybridized carbons (Fsp3) is 0.571. The quantitative estimate of drug-likeness (QED) is 0.701. The normalized spacial score (nSPS) is 12.7. The van der Waals surface area contributed by atoms with Crippen molar-refractivity contribution < 1.29 is 9.90 Å². The van der Waals surface area contributed by atoms with Gasteiger partial charge >= 0.3 is 5.97 Å². The number of nitrogens with two attached hydrogens (primary N) is 1. The molecule has 1 aromatic rings. The van der Waals surface area contributed by atoms with Gasteiger partial charge in [-0.3, -0.25) is 4.79 Å². The zero-order valence-electron chi connectivity index (χ0n) is 7.34. The molecule has 0 amide bonds. The number of carboxylic acid groups (broad SMARTS) is 1. The number of rotatable bonds is 4. The summed E-state index contributed by atoms with van der Waals surface area (Å²) in [5, 5.41) is 12.3. The number of carboxylic acids is 1. The van der Waals surface area contributed by atoms with E-state index in [1.54, 1.807) is 0 Å². The van der Waals surface area contributed by atoms with Crippen LogP contribution in [-0.2, 0) is 4.79 Å². The molecule has 0 aliphatic rings. The Morgan fingerprint density at radius 2 is 2.54 bits per heavy atom. The molecule has 0 aromatic carbocycles. The van der Waals surface area contributed by atoms with E-state index < -0.39 is 5.97 Å². The summed E-state index contributed by atoms with van der Waals surface area (Å²) in [4.78, 5) is 14.0. The van der Waals surface area contributed by atoms with Gasteiger partial charge in [-0.2, -0.15) is 5.10 Å². The van der Waals surface area contributed by atoms with E-state index >= 15 is 0 Å². The molecule has 3 N–H and O–H groups in total. The van der Waals surface area contributed by atoms with Crippen LogP contribution in [0.2, 0.25) is 0 Å². The third-order valence-corrected chi connectivity index (χ3v) is 1.79. The van der Waals surface area contributed by atoms with Gasteiger partial charge < -0.3 is 10.8 Å². The molecule has 6 heteroatoms. The van der Waals surface area contributed by atoms with Crippen LogP contribution in [0.25, 0.3) is 0 Å². The summed E-state index contributed by atoms with van der Waals surface area (Å²) < 4.78 is 1.52. The Morgan fingerprint density at radius 1 is 1.85 bits per heavy atom. The highest BCUT2D eigenvalue weighted by atomic mass is 16.4. The first kappa shape index (κ1) is 9.50. The topological polar surface area (TPSA) is 94.0 Å². The third kappa shape index (κ3) is 2.43. The second-order valence-electron chi connectivity index (χ2n) is 2.84. The zero-order valence-corrected chi connectivity index (χ0v) is 7.34. The molecule has 0 saturated carbocycles. The maximum absolute atomic E-state index is 10.3.